The van der Waals surface area contributed by atoms with E-state index >= 15 is 0 Å². The van der Waals surface area contributed by atoms with E-state index in [1.54, 1.807) is 0 Å². The predicted octanol–water partition coefficient (Wildman–Crippen LogP) is 3.52. The van der Waals surface area contributed by atoms with Crippen LogP contribution >= 0.6 is 0 Å². The number of anilines is 1. The number of aliphatic hydroxyl groups excluding tert-OH is 1. The van der Waals surface area contributed by atoms with E-state index in [0.29, 0.717) is 24.2 Å². The molecule has 1 fully saturated rings. The number of benzene rings is 2. The highest BCUT2D eigenvalue weighted by Gasteiger charge is 2.48. The van der Waals surface area contributed by atoms with Crippen molar-refractivity contribution in [3.05, 3.63) is 84.0 Å². The molecule has 4 heteroatoms. The molecule has 0 saturated heterocycles. The van der Waals surface area contributed by atoms with E-state index in [4.69, 9.17) is 5.73 Å². The Morgan fingerprint density at radius 3 is 2.54 bits per heavy atom. The molecule has 0 bridgehead atoms. The predicted molar refractivity (Wildman–Crippen MR) is 115 cm³/mol. The van der Waals surface area contributed by atoms with Crippen LogP contribution in [0.15, 0.2) is 72.8 Å². The summed E-state index contributed by atoms with van der Waals surface area (Å²) in [6, 6.07) is 17.5. The van der Waals surface area contributed by atoms with Crippen molar-refractivity contribution in [2.24, 2.45) is 5.92 Å². The summed E-state index contributed by atoms with van der Waals surface area (Å²) in [7, 11) is 0. The first-order chi connectivity index (χ1) is 13.5. The van der Waals surface area contributed by atoms with Crippen molar-refractivity contribution in [3.8, 4) is 0 Å². The summed E-state index contributed by atoms with van der Waals surface area (Å²) in [4.78, 5) is 0. The highest BCUT2D eigenvalue weighted by molar-refractivity contribution is 5.79. The Bertz CT molecular complexity index is 847. The third kappa shape index (κ3) is 4.04. The van der Waals surface area contributed by atoms with Gasteiger partial charge in [-0.15, -0.1) is 0 Å². The van der Waals surface area contributed by atoms with Gasteiger partial charge in [0.2, 0.25) is 0 Å². The van der Waals surface area contributed by atoms with Crippen LogP contribution in [-0.4, -0.2) is 28.5 Å². The molecule has 0 heterocycles. The minimum Gasteiger partial charge on any atom is -0.398 e. The molecule has 1 aliphatic carbocycles. The number of nitrogens with two attached hydrogens (primary N) is 1. The molecule has 0 spiro atoms. The van der Waals surface area contributed by atoms with Gasteiger partial charge < -0.3 is 21.3 Å². The van der Waals surface area contributed by atoms with Crippen molar-refractivity contribution in [2.45, 2.75) is 38.0 Å². The first-order valence-electron chi connectivity index (χ1n) is 9.79. The van der Waals surface area contributed by atoms with Gasteiger partial charge in [-0.05, 0) is 48.5 Å². The van der Waals surface area contributed by atoms with Crippen LogP contribution in [0, 0.1) is 5.92 Å². The quantitative estimate of drug-likeness (QED) is 0.439. The second kappa shape index (κ2) is 8.74. The summed E-state index contributed by atoms with van der Waals surface area (Å²) in [5, 5.41) is 25.0. The lowest BCUT2D eigenvalue weighted by Crippen LogP contribution is -2.47. The molecule has 28 heavy (non-hydrogen) atoms. The fourth-order valence-electron chi connectivity index (χ4n) is 4.25. The van der Waals surface area contributed by atoms with Crippen LogP contribution in [0.4, 0.5) is 5.69 Å². The Morgan fingerprint density at radius 2 is 1.89 bits per heavy atom. The van der Waals surface area contributed by atoms with E-state index in [0.717, 1.165) is 23.1 Å². The van der Waals surface area contributed by atoms with Crippen LogP contribution in [-0.2, 0) is 6.54 Å². The van der Waals surface area contributed by atoms with Crippen LogP contribution in [0.5, 0.6) is 0 Å². The molecule has 2 aromatic rings. The lowest BCUT2D eigenvalue weighted by atomic mass is 9.83. The van der Waals surface area contributed by atoms with E-state index in [1.807, 2.05) is 55.5 Å². The highest BCUT2D eigenvalue weighted by atomic mass is 16.3. The summed E-state index contributed by atoms with van der Waals surface area (Å²) < 4.78 is 0. The third-order valence-electron chi connectivity index (χ3n) is 5.94. The van der Waals surface area contributed by atoms with Gasteiger partial charge in [-0.3, -0.25) is 0 Å². The van der Waals surface area contributed by atoms with Gasteiger partial charge in [0.1, 0.15) is 5.60 Å². The molecule has 4 nitrogen and oxygen atoms in total. The molecule has 0 aliphatic heterocycles. The van der Waals surface area contributed by atoms with Crippen LogP contribution in [0.1, 0.15) is 30.9 Å². The molecular formula is C24H30N2O2. The molecule has 3 rings (SSSR count). The van der Waals surface area contributed by atoms with E-state index in [1.165, 1.54) is 0 Å². The summed E-state index contributed by atoms with van der Waals surface area (Å²) in [5.41, 5.74) is 9.16. The Morgan fingerprint density at radius 1 is 1.21 bits per heavy atom. The molecule has 0 radical (unpaired) electrons. The number of aliphatic hydroxyl groups is 2. The summed E-state index contributed by atoms with van der Waals surface area (Å²) in [5.74, 6) is 0.0926. The number of rotatable bonds is 7. The largest absolute Gasteiger partial charge is 0.398 e. The van der Waals surface area contributed by atoms with Gasteiger partial charge in [0.25, 0.3) is 0 Å². The molecule has 1 aliphatic rings. The first kappa shape index (κ1) is 20.3. The summed E-state index contributed by atoms with van der Waals surface area (Å²) in [6.07, 6.45) is 3.19. The van der Waals surface area contributed by atoms with Crippen molar-refractivity contribution >= 4 is 11.3 Å². The zero-order valence-corrected chi connectivity index (χ0v) is 16.4. The fourth-order valence-corrected chi connectivity index (χ4v) is 4.25. The van der Waals surface area contributed by atoms with Gasteiger partial charge in [-0.25, -0.2) is 0 Å². The maximum absolute atomic E-state index is 11.8. The molecular weight excluding hydrogens is 348 g/mol. The smallest absolute Gasteiger partial charge is 0.106 e. The van der Waals surface area contributed by atoms with Gasteiger partial charge in [0.05, 0.1) is 6.61 Å². The number of nitrogens with one attached hydrogen (secondary N) is 1. The van der Waals surface area contributed by atoms with Crippen molar-refractivity contribution in [2.75, 3.05) is 12.3 Å². The summed E-state index contributed by atoms with van der Waals surface area (Å²) >= 11 is 0. The average Bonchev–Trinajstić information content (AvgIpc) is 3.05. The van der Waals surface area contributed by atoms with Crippen molar-refractivity contribution in [3.63, 3.8) is 0 Å². The van der Waals surface area contributed by atoms with Gasteiger partial charge >= 0.3 is 0 Å². The van der Waals surface area contributed by atoms with Gasteiger partial charge in [0, 0.05) is 23.8 Å². The van der Waals surface area contributed by atoms with Crippen LogP contribution in [0.2, 0.25) is 0 Å². The second-order valence-corrected chi connectivity index (χ2v) is 7.57. The second-order valence-electron chi connectivity index (χ2n) is 7.57. The lowest BCUT2D eigenvalue weighted by Gasteiger charge is -2.33. The standard InChI is InChI=1S/C24H30N2O2/c1-3-19(16-27)20-13-23(26-15-18-9-5-4-6-10-18)24(28,14-20)17(2)21-11-7-8-12-22(21)25/h3-12,20,23,26-28H,2,13-16,25H2,1H3/t20-,23+,24+/m1/s1. The Balaban J connectivity index is 1.89. The number of allylic oxidation sites excluding steroid dienone is 1. The fraction of sp³-hybridized carbons (Fsp3) is 0.333. The van der Waals surface area contributed by atoms with Crippen LogP contribution in [0.25, 0.3) is 5.57 Å². The van der Waals surface area contributed by atoms with Crippen molar-refractivity contribution < 1.29 is 10.2 Å². The zero-order chi connectivity index (χ0) is 20.1. The molecule has 0 aromatic heterocycles. The molecule has 2 aromatic carbocycles. The lowest BCUT2D eigenvalue weighted by molar-refractivity contribution is 0.0768. The Labute approximate surface area is 167 Å². The van der Waals surface area contributed by atoms with Crippen molar-refractivity contribution in [1.82, 2.24) is 5.32 Å². The monoisotopic (exact) mass is 378 g/mol. The molecule has 1 saturated carbocycles. The zero-order valence-electron chi connectivity index (χ0n) is 16.4. The SMILES string of the molecule is C=C(c1ccccc1N)[C@@]1(O)C[C@H](C(=CC)CO)C[C@@H]1NCc1ccccc1. The molecule has 3 atom stereocenters. The van der Waals surface area contributed by atoms with E-state index in [-0.39, 0.29) is 18.6 Å². The number of para-hydroxylation sites is 1. The Hall–Kier alpha value is -2.40. The van der Waals surface area contributed by atoms with Gasteiger partial charge in [0.15, 0.2) is 0 Å². The average molecular weight is 379 g/mol. The van der Waals surface area contributed by atoms with Gasteiger partial charge in [-0.2, -0.15) is 0 Å². The Kier molecular flexibility index (Phi) is 6.35. The van der Waals surface area contributed by atoms with Gasteiger partial charge in [-0.1, -0.05) is 61.2 Å². The third-order valence-corrected chi connectivity index (χ3v) is 5.94. The molecule has 0 amide bonds. The minimum absolute atomic E-state index is 0.00258. The minimum atomic E-state index is -1.14. The normalized spacial score (nSPS) is 25.0. The van der Waals surface area contributed by atoms with Crippen LogP contribution < -0.4 is 11.1 Å². The maximum Gasteiger partial charge on any atom is 0.106 e. The molecule has 148 valence electrons. The maximum atomic E-state index is 11.8. The first-order valence-corrected chi connectivity index (χ1v) is 9.79. The number of nitrogen functional groups attached to an aromatic ring is 1. The molecule has 0 unspecified atom stereocenters. The van der Waals surface area contributed by atoms with E-state index in [2.05, 4.69) is 24.0 Å². The molecule has 5 N–H and O–H groups in total. The highest BCUT2D eigenvalue weighted by Crippen LogP contribution is 2.46. The topological polar surface area (TPSA) is 78.5 Å². The summed E-state index contributed by atoms with van der Waals surface area (Å²) in [6.45, 7) is 6.83. The van der Waals surface area contributed by atoms with E-state index < -0.39 is 5.60 Å². The number of hydrogen-bond acceptors (Lipinski definition) is 4. The van der Waals surface area contributed by atoms with Crippen molar-refractivity contribution in [1.29, 1.82) is 0 Å². The van der Waals surface area contributed by atoms with Crippen LogP contribution in [0.3, 0.4) is 0 Å². The van der Waals surface area contributed by atoms with E-state index in [9.17, 15) is 10.2 Å². The number of hydrogen-bond donors (Lipinski definition) is 4.